The molecule has 0 radical (unpaired) electrons. The highest BCUT2D eigenvalue weighted by Crippen LogP contribution is 2.35. The van der Waals surface area contributed by atoms with E-state index in [4.69, 9.17) is 9.26 Å². The summed E-state index contributed by atoms with van der Waals surface area (Å²) >= 11 is 0. The Kier molecular flexibility index (Phi) is 5.64. The molecule has 0 aliphatic carbocycles. The van der Waals surface area contributed by atoms with Crippen molar-refractivity contribution >= 4 is 21.6 Å². The highest BCUT2D eigenvalue weighted by atomic mass is 32.2. The molecule has 1 N–H and O–H groups in total. The smallest absolute Gasteiger partial charge is 0.263 e. The lowest BCUT2D eigenvalue weighted by Gasteiger charge is -2.34. The number of carbonyl (C=O) groups is 1. The summed E-state index contributed by atoms with van der Waals surface area (Å²) in [5.41, 5.74) is 2.31. The van der Waals surface area contributed by atoms with Gasteiger partial charge in [-0.05, 0) is 32.0 Å². The molecule has 9 nitrogen and oxygen atoms in total. The van der Waals surface area contributed by atoms with Crippen molar-refractivity contribution in [2.45, 2.75) is 26.5 Å². The molecule has 0 saturated carbocycles. The third-order valence-corrected chi connectivity index (χ3v) is 6.63. The van der Waals surface area contributed by atoms with Gasteiger partial charge in [0, 0.05) is 5.56 Å². The first-order valence-electron chi connectivity index (χ1n) is 9.81. The minimum Gasteiger partial charge on any atom is -0.476 e. The quantitative estimate of drug-likeness (QED) is 0.623. The second-order valence-electron chi connectivity index (χ2n) is 7.10. The molecule has 0 spiro atoms. The Morgan fingerprint density at radius 1 is 1.23 bits per heavy atom. The summed E-state index contributed by atoms with van der Waals surface area (Å²) < 4.78 is 37.3. The maximum atomic E-state index is 12.7. The first-order chi connectivity index (χ1) is 14.9. The van der Waals surface area contributed by atoms with Crippen LogP contribution >= 0.6 is 0 Å². The van der Waals surface area contributed by atoms with Gasteiger partial charge in [-0.3, -0.25) is 9.10 Å². The number of hydrogen-bond acceptors (Lipinski definition) is 7. The number of benzene rings is 2. The summed E-state index contributed by atoms with van der Waals surface area (Å²) in [5.74, 6) is 0.445. The fraction of sp³-hybridized carbons (Fsp3) is 0.286. The number of amides is 1. The Bertz CT molecular complexity index is 1210. The minimum absolute atomic E-state index is 0.000314. The molecule has 10 heteroatoms. The second kappa shape index (κ2) is 8.38. The number of aromatic nitrogens is 2. The van der Waals surface area contributed by atoms with Crippen molar-refractivity contribution in [1.82, 2.24) is 15.5 Å². The number of anilines is 1. The van der Waals surface area contributed by atoms with Gasteiger partial charge in [-0.1, -0.05) is 41.1 Å². The van der Waals surface area contributed by atoms with Gasteiger partial charge in [0.05, 0.1) is 24.5 Å². The van der Waals surface area contributed by atoms with Crippen molar-refractivity contribution < 1.29 is 22.5 Å². The van der Waals surface area contributed by atoms with Gasteiger partial charge in [-0.15, -0.1) is 0 Å². The Balaban J connectivity index is 1.46. The average molecular weight is 442 g/mol. The van der Waals surface area contributed by atoms with Crippen LogP contribution in [0.15, 0.2) is 53.1 Å². The van der Waals surface area contributed by atoms with E-state index in [1.807, 2.05) is 31.2 Å². The van der Waals surface area contributed by atoms with Crippen molar-refractivity contribution in [2.24, 2.45) is 0 Å². The van der Waals surface area contributed by atoms with E-state index in [1.165, 1.54) is 4.31 Å². The molecule has 1 aliphatic heterocycles. The largest absolute Gasteiger partial charge is 0.476 e. The number of nitrogens with zero attached hydrogens (tertiary/aromatic N) is 3. The highest BCUT2D eigenvalue weighted by Gasteiger charge is 2.35. The normalized spacial score (nSPS) is 15.8. The van der Waals surface area contributed by atoms with Gasteiger partial charge in [0.1, 0.15) is 5.75 Å². The number of aryl methyl sites for hydroxylation is 1. The molecule has 1 aromatic heterocycles. The Morgan fingerprint density at radius 3 is 2.81 bits per heavy atom. The number of fused-ring (bicyclic) bond motifs is 1. The van der Waals surface area contributed by atoms with E-state index in [9.17, 15) is 13.2 Å². The zero-order valence-electron chi connectivity index (χ0n) is 17.1. The molecule has 2 aromatic carbocycles. The molecule has 0 fully saturated rings. The number of carbonyl (C=O) groups excluding carboxylic acids is 1. The van der Waals surface area contributed by atoms with Crippen LogP contribution in [0, 0.1) is 6.92 Å². The minimum atomic E-state index is -3.57. The van der Waals surface area contributed by atoms with Crippen LogP contribution in [0.1, 0.15) is 18.4 Å². The van der Waals surface area contributed by atoms with Crippen LogP contribution in [0.25, 0.3) is 11.4 Å². The van der Waals surface area contributed by atoms with Crippen LogP contribution in [-0.2, 0) is 21.4 Å². The number of nitrogens with one attached hydrogen (secondary N) is 1. The lowest BCUT2D eigenvalue weighted by molar-refractivity contribution is -0.128. The average Bonchev–Trinajstić information content (AvgIpc) is 3.26. The van der Waals surface area contributed by atoms with Crippen molar-refractivity contribution in [3.05, 3.63) is 60.0 Å². The third kappa shape index (κ3) is 4.38. The lowest BCUT2D eigenvalue weighted by atomic mass is 10.1. The van der Waals surface area contributed by atoms with Crippen LogP contribution in [0.3, 0.4) is 0 Å². The molecule has 1 aliphatic rings. The summed E-state index contributed by atoms with van der Waals surface area (Å²) in [4.78, 5) is 17.0. The molecule has 2 heterocycles. The molecule has 0 saturated heterocycles. The van der Waals surface area contributed by atoms with E-state index in [1.54, 1.807) is 31.2 Å². The molecule has 0 bridgehead atoms. The molecule has 1 atom stereocenters. The highest BCUT2D eigenvalue weighted by molar-refractivity contribution is 7.92. The van der Waals surface area contributed by atoms with Crippen LogP contribution in [0.4, 0.5) is 5.69 Å². The second-order valence-corrected chi connectivity index (χ2v) is 9.29. The fourth-order valence-electron chi connectivity index (χ4n) is 3.26. The van der Waals surface area contributed by atoms with E-state index in [2.05, 4.69) is 15.5 Å². The SMILES string of the molecule is CCS(=O)(=O)N1C[C@@H](C(=O)NCc2nc(-c3cccc(C)c3)no2)Oc2ccccc21. The lowest BCUT2D eigenvalue weighted by Crippen LogP contribution is -2.50. The van der Waals surface area contributed by atoms with Crippen LogP contribution in [0.5, 0.6) is 5.75 Å². The first-order valence-corrected chi connectivity index (χ1v) is 11.4. The molecule has 31 heavy (non-hydrogen) atoms. The van der Waals surface area contributed by atoms with Crippen molar-refractivity contribution in [1.29, 1.82) is 0 Å². The topological polar surface area (TPSA) is 115 Å². The zero-order valence-corrected chi connectivity index (χ0v) is 17.9. The molecular formula is C21H22N4O5S. The summed E-state index contributed by atoms with van der Waals surface area (Å²) in [7, 11) is -3.57. The molecule has 3 aromatic rings. The van der Waals surface area contributed by atoms with Gasteiger partial charge in [-0.25, -0.2) is 8.42 Å². The van der Waals surface area contributed by atoms with Crippen LogP contribution in [0.2, 0.25) is 0 Å². The number of hydrogen-bond donors (Lipinski definition) is 1. The van der Waals surface area contributed by atoms with Crippen molar-refractivity contribution in [2.75, 3.05) is 16.6 Å². The summed E-state index contributed by atoms with van der Waals surface area (Å²) in [6.07, 6.45) is -1.00. The Hall–Kier alpha value is -3.40. The maximum Gasteiger partial charge on any atom is 0.263 e. The van der Waals surface area contributed by atoms with Crippen molar-refractivity contribution in [3.63, 3.8) is 0 Å². The number of rotatable bonds is 6. The van der Waals surface area contributed by atoms with Gasteiger partial charge >= 0.3 is 0 Å². The number of para-hydroxylation sites is 2. The predicted molar refractivity (Wildman–Crippen MR) is 114 cm³/mol. The number of ether oxygens (including phenoxy) is 1. The fourth-order valence-corrected chi connectivity index (χ4v) is 4.39. The molecule has 162 valence electrons. The standard InChI is InChI=1S/C21H22N4O5S/c1-3-31(27,28)25-13-18(29-17-10-5-4-9-16(17)25)21(26)22-12-19-23-20(24-30-19)15-8-6-7-14(2)11-15/h4-11,18H,3,12-13H2,1-2H3,(H,22,26)/t18-/m0/s1. The first kappa shape index (κ1) is 20.9. The Labute approximate surface area is 180 Å². The van der Waals surface area contributed by atoms with E-state index < -0.39 is 22.0 Å². The number of sulfonamides is 1. The van der Waals surface area contributed by atoms with Crippen molar-refractivity contribution in [3.8, 4) is 17.1 Å². The Morgan fingerprint density at radius 2 is 2.03 bits per heavy atom. The van der Waals surface area contributed by atoms with Gasteiger partial charge in [0.25, 0.3) is 5.91 Å². The monoisotopic (exact) mass is 442 g/mol. The molecule has 4 rings (SSSR count). The molecule has 0 unspecified atom stereocenters. The van der Waals surface area contributed by atoms with E-state index in [-0.39, 0.29) is 24.7 Å². The van der Waals surface area contributed by atoms with E-state index in [0.717, 1.165) is 11.1 Å². The molecule has 1 amide bonds. The van der Waals surface area contributed by atoms with Gasteiger partial charge < -0.3 is 14.6 Å². The maximum absolute atomic E-state index is 12.7. The summed E-state index contributed by atoms with van der Waals surface area (Å²) in [5, 5.41) is 6.63. The molecular weight excluding hydrogens is 420 g/mol. The van der Waals surface area contributed by atoms with Gasteiger partial charge in [-0.2, -0.15) is 4.98 Å². The summed E-state index contributed by atoms with van der Waals surface area (Å²) in [6.45, 7) is 3.41. The van der Waals surface area contributed by atoms with Gasteiger partial charge in [0.2, 0.25) is 21.7 Å². The zero-order chi connectivity index (χ0) is 22.0. The van der Waals surface area contributed by atoms with E-state index in [0.29, 0.717) is 17.3 Å². The van der Waals surface area contributed by atoms with Crippen LogP contribution in [-0.4, -0.2) is 42.9 Å². The summed E-state index contributed by atoms with van der Waals surface area (Å²) in [6, 6.07) is 14.4. The third-order valence-electron chi connectivity index (χ3n) is 4.89. The van der Waals surface area contributed by atoms with Gasteiger partial charge in [0.15, 0.2) is 6.10 Å². The van der Waals surface area contributed by atoms with E-state index >= 15 is 0 Å². The van der Waals surface area contributed by atoms with Crippen LogP contribution < -0.4 is 14.4 Å². The predicted octanol–water partition coefficient (Wildman–Crippen LogP) is 2.28.